The van der Waals surface area contributed by atoms with E-state index in [0.29, 0.717) is 6.54 Å². The maximum Gasteiger partial charge on any atom is 0.289 e. The molecule has 1 aliphatic heterocycles. The van der Waals surface area contributed by atoms with Crippen molar-refractivity contribution in [1.82, 2.24) is 14.5 Å². The topological polar surface area (TPSA) is 58.4 Å². The Morgan fingerprint density at radius 3 is 2.56 bits per heavy atom. The Labute approximate surface area is 161 Å². The third-order valence-electron chi connectivity index (χ3n) is 5.23. The first kappa shape index (κ1) is 19.2. The van der Waals surface area contributed by atoms with Crippen molar-refractivity contribution in [3.05, 3.63) is 65.4 Å². The van der Waals surface area contributed by atoms with Crippen LogP contribution in [0.2, 0.25) is 0 Å². The molecule has 1 N–H and O–H groups in total. The van der Waals surface area contributed by atoms with Crippen LogP contribution in [0.3, 0.4) is 0 Å². The van der Waals surface area contributed by atoms with Gasteiger partial charge >= 0.3 is 0 Å². The summed E-state index contributed by atoms with van der Waals surface area (Å²) in [4.78, 5) is 18.7. The number of unbranched alkanes of at least 4 members (excludes halogenated alkanes) is 2. The van der Waals surface area contributed by atoms with E-state index in [-0.39, 0.29) is 17.7 Å². The van der Waals surface area contributed by atoms with E-state index in [1.54, 1.807) is 12.5 Å². The van der Waals surface area contributed by atoms with Gasteiger partial charge < -0.3 is 14.6 Å². The fourth-order valence-electron chi connectivity index (χ4n) is 3.73. The monoisotopic (exact) mass is 367 g/mol. The summed E-state index contributed by atoms with van der Waals surface area (Å²) >= 11 is 0. The fourth-order valence-corrected chi connectivity index (χ4v) is 3.73. The van der Waals surface area contributed by atoms with E-state index in [1.165, 1.54) is 5.56 Å². The van der Waals surface area contributed by atoms with Gasteiger partial charge in [-0.3, -0.25) is 4.79 Å². The first-order valence-electron chi connectivity index (χ1n) is 9.87. The number of carbonyl (C=O) groups excluding carboxylic acids is 1. The quantitative estimate of drug-likeness (QED) is 0.661. The van der Waals surface area contributed by atoms with Gasteiger partial charge in [0.2, 0.25) is 0 Å². The Balaban J connectivity index is 1.79. The molecule has 0 spiro atoms. The number of imidazole rings is 1. The molecule has 0 radical (unpaired) electrons. The zero-order valence-electron chi connectivity index (χ0n) is 16.3. The molecule has 0 saturated carbocycles. The zero-order chi connectivity index (χ0) is 19.2. The molecule has 0 saturated heterocycles. The van der Waals surface area contributed by atoms with E-state index in [2.05, 4.69) is 43.1 Å². The second kappa shape index (κ2) is 8.89. The second-order valence-electron chi connectivity index (χ2n) is 7.30. The highest BCUT2D eigenvalue weighted by Gasteiger charge is 2.39. The average molecular weight is 367 g/mol. The van der Waals surface area contributed by atoms with Crippen LogP contribution in [0.4, 0.5) is 0 Å². The normalized spacial score (nSPS) is 17.2. The van der Waals surface area contributed by atoms with Gasteiger partial charge in [-0.1, -0.05) is 49.6 Å². The Morgan fingerprint density at radius 1 is 1.11 bits per heavy atom. The number of aliphatic hydroxyl groups is 1. The summed E-state index contributed by atoms with van der Waals surface area (Å²) in [5, 5.41) is 10.6. The van der Waals surface area contributed by atoms with Gasteiger partial charge in [-0.05, 0) is 31.7 Å². The summed E-state index contributed by atoms with van der Waals surface area (Å²) in [5.74, 6) is -0.281. The number of benzene rings is 1. The molecule has 0 fully saturated rings. The van der Waals surface area contributed by atoms with Crippen molar-refractivity contribution in [2.24, 2.45) is 0 Å². The highest BCUT2D eigenvalue weighted by molar-refractivity contribution is 5.95. The molecular formula is C22H29N3O2. The van der Waals surface area contributed by atoms with Gasteiger partial charge in [0.1, 0.15) is 0 Å². The third-order valence-corrected chi connectivity index (χ3v) is 5.23. The number of carbonyl (C=O) groups is 1. The summed E-state index contributed by atoms with van der Waals surface area (Å²) in [6.07, 6.45) is 10.3. The number of aliphatic hydroxyl groups excluding tert-OH is 1. The zero-order valence-corrected chi connectivity index (χ0v) is 16.3. The van der Waals surface area contributed by atoms with E-state index in [0.717, 1.165) is 49.8 Å². The standard InChI is InChI=1S/C22H29N3O2/c1-3-4-5-7-19-20(18-10-8-17(2)9-11-18)25(22(27)21(19)26)14-6-13-24-15-12-23-16-24/h8-12,15-16,20,26H,3-7,13-14H2,1-2H3. The van der Waals surface area contributed by atoms with Crippen LogP contribution >= 0.6 is 0 Å². The fraction of sp³-hybridized carbons (Fsp3) is 0.455. The van der Waals surface area contributed by atoms with Crippen LogP contribution in [0.25, 0.3) is 0 Å². The largest absolute Gasteiger partial charge is 0.503 e. The van der Waals surface area contributed by atoms with Crippen molar-refractivity contribution < 1.29 is 9.90 Å². The lowest BCUT2D eigenvalue weighted by atomic mass is 9.94. The van der Waals surface area contributed by atoms with Crippen LogP contribution in [0.5, 0.6) is 0 Å². The molecule has 27 heavy (non-hydrogen) atoms. The number of rotatable bonds is 9. The minimum atomic E-state index is -0.238. The molecule has 1 aliphatic rings. The Morgan fingerprint density at radius 2 is 1.89 bits per heavy atom. The van der Waals surface area contributed by atoms with Gasteiger partial charge in [0.15, 0.2) is 5.76 Å². The van der Waals surface area contributed by atoms with Crippen LogP contribution < -0.4 is 0 Å². The van der Waals surface area contributed by atoms with Gasteiger partial charge in [-0.25, -0.2) is 4.98 Å². The smallest absolute Gasteiger partial charge is 0.289 e. The van der Waals surface area contributed by atoms with E-state index in [4.69, 9.17) is 0 Å². The van der Waals surface area contributed by atoms with Crippen molar-refractivity contribution >= 4 is 5.91 Å². The van der Waals surface area contributed by atoms with Gasteiger partial charge in [0.05, 0.1) is 12.4 Å². The summed E-state index contributed by atoms with van der Waals surface area (Å²) in [7, 11) is 0. The molecule has 144 valence electrons. The van der Waals surface area contributed by atoms with Crippen LogP contribution in [0, 0.1) is 6.92 Å². The van der Waals surface area contributed by atoms with E-state index < -0.39 is 0 Å². The average Bonchev–Trinajstić information content (AvgIpc) is 3.26. The molecular weight excluding hydrogens is 338 g/mol. The maximum atomic E-state index is 12.8. The molecule has 2 aromatic rings. The summed E-state index contributed by atoms with van der Waals surface area (Å²) in [5.41, 5.74) is 3.14. The summed E-state index contributed by atoms with van der Waals surface area (Å²) in [6.45, 7) is 5.63. The van der Waals surface area contributed by atoms with Crippen LogP contribution in [-0.4, -0.2) is 32.0 Å². The van der Waals surface area contributed by atoms with Gasteiger partial charge in [0.25, 0.3) is 5.91 Å². The molecule has 5 heteroatoms. The number of aromatic nitrogens is 2. The Kier molecular flexibility index (Phi) is 6.32. The number of hydrogen-bond acceptors (Lipinski definition) is 3. The lowest BCUT2D eigenvalue weighted by Gasteiger charge is -2.27. The van der Waals surface area contributed by atoms with Crippen LogP contribution in [0.1, 0.15) is 56.2 Å². The van der Waals surface area contributed by atoms with Gasteiger partial charge in [0, 0.05) is 31.1 Å². The van der Waals surface area contributed by atoms with Crippen molar-refractivity contribution in [2.75, 3.05) is 6.54 Å². The molecule has 1 amide bonds. The predicted octanol–water partition coefficient (Wildman–Crippen LogP) is 4.56. The molecule has 0 bridgehead atoms. The van der Waals surface area contributed by atoms with Crippen molar-refractivity contribution in [3.63, 3.8) is 0 Å². The molecule has 1 aromatic carbocycles. The SMILES string of the molecule is CCCCCC1=C(O)C(=O)N(CCCn2ccnc2)C1c1ccc(C)cc1. The summed E-state index contributed by atoms with van der Waals surface area (Å²) in [6, 6.07) is 8.14. The van der Waals surface area contributed by atoms with E-state index in [1.807, 2.05) is 15.7 Å². The lowest BCUT2D eigenvalue weighted by Crippen LogP contribution is -2.32. The number of hydrogen-bond donors (Lipinski definition) is 1. The van der Waals surface area contributed by atoms with Crippen LogP contribution in [0.15, 0.2) is 54.3 Å². The molecule has 5 nitrogen and oxygen atoms in total. The van der Waals surface area contributed by atoms with E-state index >= 15 is 0 Å². The van der Waals surface area contributed by atoms with Gasteiger partial charge in [-0.2, -0.15) is 0 Å². The first-order chi connectivity index (χ1) is 13.1. The van der Waals surface area contributed by atoms with Crippen molar-refractivity contribution in [1.29, 1.82) is 0 Å². The molecule has 2 heterocycles. The van der Waals surface area contributed by atoms with Gasteiger partial charge in [-0.15, -0.1) is 0 Å². The minimum absolute atomic E-state index is 0.0423. The second-order valence-corrected chi connectivity index (χ2v) is 7.30. The maximum absolute atomic E-state index is 12.8. The lowest BCUT2D eigenvalue weighted by molar-refractivity contribution is -0.129. The molecule has 1 unspecified atom stereocenters. The highest BCUT2D eigenvalue weighted by atomic mass is 16.3. The predicted molar refractivity (Wildman–Crippen MR) is 106 cm³/mol. The Bertz CT molecular complexity index is 778. The third kappa shape index (κ3) is 4.41. The molecule has 1 aromatic heterocycles. The summed E-state index contributed by atoms with van der Waals surface area (Å²) < 4.78 is 2.01. The molecule has 0 aliphatic carbocycles. The first-order valence-corrected chi connectivity index (χ1v) is 9.87. The minimum Gasteiger partial charge on any atom is -0.503 e. The molecule has 3 rings (SSSR count). The van der Waals surface area contributed by atoms with Crippen molar-refractivity contribution in [2.45, 2.75) is 58.5 Å². The number of amides is 1. The van der Waals surface area contributed by atoms with E-state index in [9.17, 15) is 9.90 Å². The Hall–Kier alpha value is -2.56. The van der Waals surface area contributed by atoms with Crippen LogP contribution in [-0.2, 0) is 11.3 Å². The highest BCUT2D eigenvalue weighted by Crippen LogP contribution is 2.39. The molecule has 1 atom stereocenters. The number of nitrogens with zero attached hydrogens (tertiary/aromatic N) is 3. The van der Waals surface area contributed by atoms with Crippen molar-refractivity contribution in [3.8, 4) is 0 Å². The number of aryl methyl sites for hydroxylation is 2.